The second-order valence-corrected chi connectivity index (χ2v) is 6.32. The summed E-state index contributed by atoms with van der Waals surface area (Å²) in [5.41, 5.74) is -0.211. The zero-order valence-corrected chi connectivity index (χ0v) is 16.2. The van der Waals surface area contributed by atoms with Crippen LogP contribution in [0.15, 0.2) is 30.4 Å². The number of carboxylic acids is 1. The Balaban J connectivity index is 3.08. The van der Waals surface area contributed by atoms with Crippen LogP contribution in [0.2, 0.25) is 0 Å². The van der Waals surface area contributed by atoms with E-state index >= 15 is 0 Å². The summed E-state index contributed by atoms with van der Waals surface area (Å²) in [7, 11) is 0. The maximum atomic E-state index is 12.8. The minimum absolute atomic E-state index is 0.237. The molecule has 1 atom stereocenters. The third kappa shape index (κ3) is 5.51. The second kappa shape index (κ2) is 9.85. The molecular weight excluding hydrogens is 334 g/mol. The number of amides is 1. The monoisotopic (exact) mass is 363 g/mol. The summed E-state index contributed by atoms with van der Waals surface area (Å²) in [6, 6.07) is 4.38. The minimum Gasteiger partial charge on any atom is -0.490 e. The highest BCUT2D eigenvalue weighted by Crippen LogP contribution is 2.34. The summed E-state index contributed by atoms with van der Waals surface area (Å²) in [5, 5.41) is 11.9. The van der Waals surface area contributed by atoms with Crippen molar-refractivity contribution >= 4 is 11.9 Å². The van der Waals surface area contributed by atoms with Gasteiger partial charge in [-0.1, -0.05) is 18.2 Å². The van der Waals surface area contributed by atoms with Crippen molar-refractivity contribution in [2.45, 2.75) is 52.5 Å². The van der Waals surface area contributed by atoms with Crippen LogP contribution in [0.1, 0.15) is 46.6 Å². The molecule has 1 amide bonds. The van der Waals surface area contributed by atoms with Crippen LogP contribution in [0.3, 0.4) is 0 Å². The van der Waals surface area contributed by atoms with Crippen LogP contribution >= 0.6 is 0 Å². The van der Waals surface area contributed by atoms with E-state index in [2.05, 4.69) is 5.32 Å². The second-order valence-electron chi connectivity index (χ2n) is 6.32. The fourth-order valence-electron chi connectivity index (χ4n) is 2.40. The molecule has 0 aliphatic carbocycles. The summed E-state index contributed by atoms with van der Waals surface area (Å²) >= 11 is 0. The molecule has 0 heterocycles. The largest absolute Gasteiger partial charge is 0.490 e. The highest BCUT2D eigenvalue weighted by atomic mass is 16.5. The summed E-state index contributed by atoms with van der Waals surface area (Å²) in [6.07, 6.45) is 3.71. The van der Waals surface area contributed by atoms with Gasteiger partial charge in [0.05, 0.1) is 18.6 Å². The van der Waals surface area contributed by atoms with E-state index in [4.69, 9.17) is 9.47 Å². The molecule has 0 spiro atoms. The van der Waals surface area contributed by atoms with E-state index < -0.39 is 17.4 Å². The number of ether oxygens (including phenoxy) is 2. The van der Waals surface area contributed by atoms with E-state index in [1.165, 1.54) is 0 Å². The smallest absolute Gasteiger partial charge is 0.326 e. The van der Waals surface area contributed by atoms with E-state index in [1.54, 1.807) is 51.1 Å². The number of benzene rings is 1. The number of aliphatic carboxylic acids is 1. The molecule has 0 saturated heterocycles. The number of hydrogen-bond donors (Lipinski definition) is 2. The SMILES string of the molecule is C/C=C/CC(NC(=O)C(C)(C)c1ccc(OCC)c(OCC)c1)C(=O)O. The molecule has 1 aromatic carbocycles. The van der Waals surface area contributed by atoms with Crippen molar-refractivity contribution in [2.75, 3.05) is 13.2 Å². The molecule has 0 aliphatic rings. The Kier molecular flexibility index (Phi) is 8.16. The molecule has 144 valence electrons. The van der Waals surface area contributed by atoms with Gasteiger partial charge in [-0.3, -0.25) is 4.79 Å². The number of carbonyl (C=O) groups is 2. The fourth-order valence-corrected chi connectivity index (χ4v) is 2.40. The first kappa shape index (κ1) is 21.5. The van der Waals surface area contributed by atoms with E-state index in [-0.39, 0.29) is 12.3 Å². The zero-order chi connectivity index (χ0) is 19.7. The van der Waals surface area contributed by atoms with Crippen molar-refractivity contribution in [1.82, 2.24) is 5.32 Å². The zero-order valence-electron chi connectivity index (χ0n) is 16.2. The third-order valence-corrected chi connectivity index (χ3v) is 4.04. The Morgan fingerprint density at radius 3 is 2.35 bits per heavy atom. The molecule has 6 heteroatoms. The maximum Gasteiger partial charge on any atom is 0.326 e. The third-order valence-electron chi connectivity index (χ3n) is 4.04. The normalized spacial score (nSPS) is 12.7. The number of hydrogen-bond acceptors (Lipinski definition) is 4. The van der Waals surface area contributed by atoms with Crippen LogP contribution < -0.4 is 14.8 Å². The van der Waals surface area contributed by atoms with Crippen LogP contribution in [0.5, 0.6) is 11.5 Å². The standard InChI is InChI=1S/C20H29NO5/c1-6-9-10-15(18(22)23)21-19(24)20(4,5)14-11-12-16(25-7-2)17(13-14)26-8-3/h6,9,11-13,15H,7-8,10H2,1-5H3,(H,21,24)(H,22,23)/b9-6+. The van der Waals surface area contributed by atoms with Crippen LogP contribution in [0, 0.1) is 0 Å². The molecule has 1 rings (SSSR count). The molecular formula is C20H29NO5. The average Bonchev–Trinajstić information content (AvgIpc) is 2.59. The molecule has 0 aliphatic heterocycles. The van der Waals surface area contributed by atoms with Crippen molar-refractivity contribution in [1.29, 1.82) is 0 Å². The predicted molar refractivity (Wildman–Crippen MR) is 101 cm³/mol. The first-order chi connectivity index (χ1) is 12.3. The summed E-state index contributed by atoms with van der Waals surface area (Å²) in [4.78, 5) is 24.1. The van der Waals surface area contributed by atoms with Gasteiger partial charge in [0.25, 0.3) is 0 Å². The number of nitrogens with one attached hydrogen (secondary N) is 1. The molecule has 0 bridgehead atoms. The average molecular weight is 363 g/mol. The van der Waals surface area contributed by atoms with Gasteiger partial charge in [0.1, 0.15) is 6.04 Å². The molecule has 1 aromatic rings. The van der Waals surface area contributed by atoms with Gasteiger partial charge in [0, 0.05) is 0 Å². The van der Waals surface area contributed by atoms with Crippen LogP contribution in [-0.4, -0.2) is 36.2 Å². The van der Waals surface area contributed by atoms with E-state index in [1.807, 2.05) is 13.8 Å². The molecule has 0 aromatic heterocycles. The van der Waals surface area contributed by atoms with Gasteiger partial charge >= 0.3 is 5.97 Å². The number of allylic oxidation sites excluding steroid dienone is 1. The molecule has 26 heavy (non-hydrogen) atoms. The van der Waals surface area contributed by atoms with Crippen LogP contribution in [0.25, 0.3) is 0 Å². The first-order valence-electron chi connectivity index (χ1n) is 8.82. The van der Waals surface area contributed by atoms with Crippen LogP contribution in [0.4, 0.5) is 0 Å². The van der Waals surface area contributed by atoms with Crippen molar-refractivity contribution in [2.24, 2.45) is 0 Å². The number of rotatable bonds is 10. The van der Waals surface area contributed by atoms with E-state index in [9.17, 15) is 14.7 Å². The quantitative estimate of drug-likeness (QED) is 0.623. The number of carboxylic acid groups (broad SMARTS) is 1. The Morgan fingerprint density at radius 1 is 1.19 bits per heavy atom. The number of carbonyl (C=O) groups excluding carboxylic acids is 1. The van der Waals surface area contributed by atoms with Gasteiger partial charge in [-0.2, -0.15) is 0 Å². The Bertz CT molecular complexity index is 652. The van der Waals surface area contributed by atoms with Gasteiger partial charge in [-0.05, 0) is 58.7 Å². The van der Waals surface area contributed by atoms with Gasteiger partial charge < -0.3 is 19.9 Å². The molecule has 1 unspecified atom stereocenters. The lowest BCUT2D eigenvalue weighted by atomic mass is 9.83. The van der Waals surface area contributed by atoms with Gasteiger partial charge in [0.15, 0.2) is 11.5 Å². The molecule has 2 N–H and O–H groups in total. The van der Waals surface area contributed by atoms with Crippen molar-refractivity contribution < 1.29 is 24.2 Å². The summed E-state index contributed by atoms with van der Waals surface area (Å²) in [5.74, 6) is -0.239. The van der Waals surface area contributed by atoms with Gasteiger partial charge in [0.2, 0.25) is 5.91 Å². The molecule has 6 nitrogen and oxygen atoms in total. The topological polar surface area (TPSA) is 84.9 Å². The highest BCUT2D eigenvalue weighted by molar-refractivity contribution is 5.91. The van der Waals surface area contributed by atoms with Crippen molar-refractivity contribution in [3.05, 3.63) is 35.9 Å². The molecule has 0 saturated carbocycles. The van der Waals surface area contributed by atoms with E-state index in [0.29, 0.717) is 24.7 Å². The lowest BCUT2D eigenvalue weighted by Gasteiger charge is -2.27. The lowest BCUT2D eigenvalue weighted by Crippen LogP contribution is -2.48. The fraction of sp³-hybridized carbons (Fsp3) is 0.500. The van der Waals surface area contributed by atoms with Crippen molar-refractivity contribution in [3.63, 3.8) is 0 Å². The molecule has 0 fully saturated rings. The summed E-state index contributed by atoms with van der Waals surface area (Å²) in [6.45, 7) is 10.1. The first-order valence-corrected chi connectivity index (χ1v) is 8.82. The Morgan fingerprint density at radius 2 is 1.81 bits per heavy atom. The highest BCUT2D eigenvalue weighted by Gasteiger charge is 2.33. The maximum absolute atomic E-state index is 12.8. The van der Waals surface area contributed by atoms with Gasteiger partial charge in [-0.25, -0.2) is 4.79 Å². The van der Waals surface area contributed by atoms with Gasteiger partial charge in [-0.15, -0.1) is 0 Å². The Labute approximate surface area is 155 Å². The molecule has 0 radical (unpaired) electrons. The minimum atomic E-state index is -1.06. The van der Waals surface area contributed by atoms with Crippen LogP contribution in [-0.2, 0) is 15.0 Å². The predicted octanol–water partition coefficient (Wildman–Crippen LogP) is 3.30. The van der Waals surface area contributed by atoms with E-state index in [0.717, 1.165) is 5.56 Å². The summed E-state index contributed by atoms with van der Waals surface area (Å²) < 4.78 is 11.2. The Hall–Kier alpha value is -2.50. The van der Waals surface area contributed by atoms with Crippen molar-refractivity contribution in [3.8, 4) is 11.5 Å². The lowest BCUT2D eigenvalue weighted by molar-refractivity contribution is -0.142.